The Balaban J connectivity index is 1.86. The number of rotatable bonds is 6. The molecule has 0 spiro atoms. The Hall–Kier alpha value is -2.91. The first-order valence-electron chi connectivity index (χ1n) is 10.1. The summed E-state index contributed by atoms with van der Waals surface area (Å²) in [5, 5.41) is 2.91. The standard InChI is InChI=1S/C22H28N4O4S/c1-14-12-17(13-20(15(14)2)31(29,30)24-3)22(28)25-18-6-4-5-7-19(18)26-10-8-16(9-11-26)21(23)27/h4-7,12-13,16,24H,8-11H2,1-3H3,(H2,23,27)(H,25,28). The third kappa shape index (κ3) is 4.88. The second-order valence-electron chi connectivity index (χ2n) is 7.76. The van der Waals surface area contributed by atoms with Gasteiger partial charge in [0, 0.05) is 24.6 Å². The summed E-state index contributed by atoms with van der Waals surface area (Å²) >= 11 is 0. The molecule has 2 aromatic carbocycles. The van der Waals surface area contributed by atoms with Crippen LogP contribution in [-0.2, 0) is 14.8 Å². The normalized spacial score (nSPS) is 15.0. The largest absolute Gasteiger partial charge is 0.370 e. The van der Waals surface area contributed by atoms with E-state index in [0.717, 1.165) is 5.69 Å². The van der Waals surface area contributed by atoms with Gasteiger partial charge in [0.15, 0.2) is 0 Å². The van der Waals surface area contributed by atoms with Gasteiger partial charge in [0.05, 0.1) is 16.3 Å². The number of carbonyl (C=O) groups is 2. The zero-order chi connectivity index (χ0) is 22.8. The topological polar surface area (TPSA) is 122 Å². The molecular weight excluding hydrogens is 416 g/mol. The minimum Gasteiger partial charge on any atom is -0.370 e. The summed E-state index contributed by atoms with van der Waals surface area (Å²) in [5.41, 5.74) is 8.48. The van der Waals surface area contributed by atoms with Gasteiger partial charge in [-0.3, -0.25) is 9.59 Å². The lowest BCUT2D eigenvalue weighted by Crippen LogP contribution is -2.38. The number of nitrogens with one attached hydrogen (secondary N) is 2. The summed E-state index contributed by atoms with van der Waals surface area (Å²) in [5.74, 6) is -0.792. The number of nitrogens with zero attached hydrogens (tertiary/aromatic N) is 1. The number of nitrogens with two attached hydrogens (primary N) is 1. The van der Waals surface area contributed by atoms with Crippen LogP contribution in [0.1, 0.15) is 34.3 Å². The maximum atomic E-state index is 13.0. The van der Waals surface area contributed by atoms with Gasteiger partial charge in [-0.2, -0.15) is 0 Å². The molecule has 1 aliphatic heterocycles. The number of hydrogen-bond donors (Lipinski definition) is 3. The number of para-hydroxylation sites is 2. The Morgan fingerprint density at radius 3 is 2.35 bits per heavy atom. The summed E-state index contributed by atoms with van der Waals surface area (Å²) in [6.45, 7) is 4.81. The van der Waals surface area contributed by atoms with E-state index in [4.69, 9.17) is 5.73 Å². The average molecular weight is 445 g/mol. The number of primary amides is 1. The van der Waals surface area contributed by atoms with Crippen molar-refractivity contribution in [3.8, 4) is 0 Å². The molecule has 0 aromatic heterocycles. The number of piperidine rings is 1. The first kappa shape index (κ1) is 22.8. The van der Waals surface area contributed by atoms with Crippen LogP contribution in [0.2, 0.25) is 0 Å². The van der Waals surface area contributed by atoms with Crippen LogP contribution in [-0.4, -0.2) is 40.4 Å². The van der Waals surface area contributed by atoms with Crippen LogP contribution in [0.5, 0.6) is 0 Å². The molecule has 0 radical (unpaired) electrons. The van der Waals surface area contributed by atoms with E-state index in [9.17, 15) is 18.0 Å². The van der Waals surface area contributed by atoms with Crippen molar-refractivity contribution in [2.45, 2.75) is 31.6 Å². The van der Waals surface area contributed by atoms with Gasteiger partial charge in [-0.15, -0.1) is 0 Å². The summed E-state index contributed by atoms with van der Waals surface area (Å²) in [4.78, 5) is 26.7. The zero-order valence-electron chi connectivity index (χ0n) is 17.9. The minimum absolute atomic E-state index is 0.0851. The van der Waals surface area contributed by atoms with Gasteiger partial charge >= 0.3 is 0 Å². The fourth-order valence-electron chi connectivity index (χ4n) is 3.80. The molecule has 2 aromatic rings. The molecule has 0 atom stereocenters. The first-order valence-corrected chi connectivity index (χ1v) is 11.6. The van der Waals surface area contributed by atoms with Gasteiger partial charge < -0.3 is 16.0 Å². The Kier molecular flexibility index (Phi) is 6.66. The van der Waals surface area contributed by atoms with E-state index in [-0.39, 0.29) is 22.3 Å². The van der Waals surface area contributed by atoms with Gasteiger partial charge in [0.25, 0.3) is 5.91 Å². The number of hydrogen-bond acceptors (Lipinski definition) is 5. The Bertz CT molecular complexity index is 1110. The van der Waals surface area contributed by atoms with Crippen molar-refractivity contribution in [2.24, 2.45) is 11.7 Å². The van der Waals surface area contributed by atoms with Crippen molar-refractivity contribution in [1.29, 1.82) is 0 Å². The monoisotopic (exact) mass is 444 g/mol. The molecule has 3 rings (SSSR count). The highest BCUT2D eigenvalue weighted by Crippen LogP contribution is 2.30. The van der Waals surface area contributed by atoms with Crippen LogP contribution in [0, 0.1) is 19.8 Å². The fourth-order valence-corrected chi connectivity index (χ4v) is 4.87. The molecule has 9 heteroatoms. The Morgan fingerprint density at radius 1 is 1.10 bits per heavy atom. The van der Waals surface area contributed by atoms with Crippen molar-refractivity contribution in [3.05, 3.63) is 53.1 Å². The molecular formula is C22H28N4O4S. The van der Waals surface area contributed by atoms with Crippen LogP contribution in [0.15, 0.2) is 41.3 Å². The van der Waals surface area contributed by atoms with Gasteiger partial charge in [-0.05, 0) is 69.1 Å². The molecule has 1 aliphatic rings. The number of amides is 2. The molecule has 8 nitrogen and oxygen atoms in total. The molecule has 0 aliphatic carbocycles. The maximum absolute atomic E-state index is 13.0. The minimum atomic E-state index is -3.69. The SMILES string of the molecule is CNS(=O)(=O)c1cc(C(=O)Nc2ccccc2N2CCC(C(N)=O)CC2)cc(C)c1C. The second-order valence-corrected chi connectivity index (χ2v) is 9.61. The third-order valence-corrected chi connectivity index (χ3v) is 7.37. The van der Waals surface area contributed by atoms with E-state index < -0.39 is 15.9 Å². The van der Waals surface area contributed by atoms with Crippen molar-refractivity contribution in [2.75, 3.05) is 30.4 Å². The van der Waals surface area contributed by atoms with Crippen molar-refractivity contribution in [3.63, 3.8) is 0 Å². The summed E-state index contributed by atoms with van der Waals surface area (Å²) in [6.07, 6.45) is 1.33. The van der Waals surface area contributed by atoms with E-state index in [2.05, 4.69) is 14.9 Å². The lowest BCUT2D eigenvalue weighted by atomic mass is 9.96. The highest BCUT2D eigenvalue weighted by atomic mass is 32.2. The number of carbonyl (C=O) groups excluding carboxylic acids is 2. The van der Waals surface area contributed by atoms with Crippen LogP contribution in [0.25, 0.3) is 0 Å². The van der Waals surface area contributed by atoms with Crippen LogP contribution < -0.4 is 20.7 Å². The smallest absolute Gasteiger partial charge is 0.255 e. The molecule has 31 heavy (non-hydrogen) atoms. The third-order valence-electron chi connectivity index (χ3n) is 5.83. The van der Waals surface area contributed by atoms with E-state index in [1.807, 2.05) is 18.2 Å². The van der Waals surface area contributed by atoms with E-state index >= 15 is 0 Å². The molecule has 4 N–H and O–H groups in total. The average Bonchev–Trinajstić information content (AvgIpc) is 2.75. The van der Waals surface area contributed by atoms with Gasteiger partial charge in [-0.25, -0.2) is 13.1 Å². The van der Waals surface area contributed by atoms with E-state index in [1.165, 1.54) is 13.1 Å². The quantitative estimate of drug-likeness (QED) is 0.630. The maximum Gasteiger partial charge on any atom is 0.255 e. The summed E-state index contributed by atoms with van der Waals surface area (Å²) in [7, 11) is -2.35. The van der Waals surface area contributed by atoms with Crippen molar-refractivity contribution in [1.82, 2.24) is 4.72 Å². The van der Waals surface area contributed by atoms with Crippen LogP contribution in [0.3, 0.4) is 0 Å². The molecule has 166 valence electrons. The number of anilines is 2. The molecule has 0 saturated carbocycles. The summed E-state index contributed by atoms with van der Waals surface area (Å²) in [6, 6.07) is 10.5. The zero-order valence-corrected chi connectivity index (χ0v) is 18.8. The number of benzene rings is 2. The Labute approximate surface area is 182 Å². The number of sulfonamides is 1. The van der Waals surface area contributed by atoms with Gasteiger partial charge in [-0.1, -0.05) is 12.1 Å². The molecule has 0 bridgehead atoms. The molecule has 1 saturated heterocycles. The van der Waals surface area contributed by atoms with Crippen molar-refractivity contribution >= 4 is 33.2 Å². The summed E-state index contributed by atoms with van der Waals surface area (Å²) < 4.78 is 27.0. The lowest BCUT2D eigenvalue weighted by molar-refractivity contribution is -0.122. The molecule has 0 unspecified atom stereocenters. The van der Waals surface area contributed by atoms with Crippen LogP contribution >= 0.6 is 0 Å². The predicted octanol–water partition coefficient (Wildman–Crippen LogP) is 2.17. The van der Waals surface area contributed by atoms with E-state index in [0.29, 0.717) is 42.7 Å². The second kappa shape index (κ2) is 9.07. The van der Waals surface area contributed by atoms with E-state index in [1.54, 1.807) is 26.0 Å². The van der Waals surface area contributed by atoms with Gasteiger partial charge in [0.2, 0.25) is 15.9 Å². The molecule has 1 heterocycles. The van der Waals surface area contributed by atoms with Crippen molar-refractivity contribution < 1.29 is 18.0 Å². The predicted molar refractivity (Wildman–Crippen MR) is 121 cm³/mol. The number of aryl methyl sites for hydroxylation is 1. The molecule has 1 fully saturated rings. The lowest BCUT2D eigenvalue weighted by Gasteiger charge is -2.33. The first-order chi connectivity index (χ1) is 14.6. The Morgan fingerprint density at radius 2 is 1.74 bits per heavy atom. The highest BCUT2D eigenvalue weighted by molar-refractivity contribution is 7.89. The van der Waals surface area contributed by atoms with Gasteiger partial charge in [0.1, 0.15) is 0 Å². The highest BCUT2D eigenvalue weighted by Gasteiger charge is 2.25. The van der Waals surface area contributed by atoms with Crippen LogP contribution in [0.4, 0.5) is 11.4 Å². The fraction of sp³-hybridized carbons (Fsp3) is 0.364. The molecule has 2 amide bonds.